The normalized spacial score (nSPS) is 14.1. The van der Waals surface area contributed by atoms with Gasteiger partial charge in [0.1, 0.15) is 11.5 Å². The van der Waals surface area contributed by atoms with Gasteiger partial charge in [-0.2, -0.15) is 0 Å². The minimum Gasteiger partial charge on any atom is -0.383 e. The Bertz CT molecular complexity index is 773. The Balaban J connectivity index is 2.08. The molecule has 1 aromatic carbocycles. The van der Waals surface area contributed by atoms with Crippen LogP contribution in [-0.2, 0) is 13.6 Å². The van der Waals surface area contributed by atoms with Crippen molar-refractivity contribution in [3.63, 3.8) is 0 Å². The van der Waals surface area contributed by atoms with Crippen LogP contribution >= 0.6 is 0 Å². The average molecular weight is 286 g/mol. The van der Waals surface area contributed by atoms with Crippen LogP contribution in [-0.4, -0.2) is 15.2 Å². The smallest absolute Gasteiger partial charge is 0.332 e. The predicted molar refractivity (Wildman–Crippen MR) is 82.5 cm³/mol. The van der Waals surface area contributed by atoms with E-state index in [0.717, 1.165) is 23.0 Å². The maximum absolute atomic E-state index is 12.3. The zero-order valence-corrected chi connectivity index (χ0v) is 11.9. The van der Waals surface area contributed by atoms with Crippen LogP contribution in [0.5, 0.6) is 0 Å². The van der Waals surface area contributed by atoms with Gasteiger partial charge >= 0.3 is 5.69 Å². The molecule has 0 amide bonds. The first-order chi connectivity index (χ1) is 10.1. The first-order valence-electron chi connectivity index (χ1n) is 6.97. The van der Waals surface area contributed by atoms with Crippen molar-refractivity contribution in [3.8, 4) is 0 Å². The number of hydrogen-bond donors (Lipinski definition) is 2. The summed E-state index contributed by atoms with van der Waals surface area (Å²) in [5.41, 5.74) is 6.59. The van der Waals surface area contributed by atoms with Gasteiger partial charge in [0.25, 0.3) is 5.56 Å². The predicted octanol–water partition coefficient (Wildman–Crippen LogP) is 0.752. The fourth-order valence-corrected chi connectivity index (χ4v) is 2.27. The van der Waals surface area contributed by atoms with E-state index < -0.39 is 5.69 Å². The minimum atomic E-state index is -0.400. The molecule has 0 spiro atoms. The molecule has 1 fully saturated rings. The molecule has 0 saturated heterocycles. The van der Waals surface area contributed by atoms with Crippen LogP contribution in [0, 0.1) is 0 Å². The van der Waals surface area contributed by atoms with Gasteiger partial charge in [0.05, 0.1) is 6.54 Å². The van der Waals surface area contributed by atoms with Crippen LogP contribution in [0.25, 0.3) is 0 Å². The zero-order valence-electron chi connectivity index (χ0n) is 11.9. The standard InChI is InChI=1S/C15H18N4O2/c1-18-14(20)12(17-11-7-8-11)13(16)19(15(18)21)9-10-5-3-2-4-6-10/h2-6,11,17H,7-9,16H2,1H3. The number of rotatable bonds is 4. The molecule has 6 heteroatoms. The molecule has 0 atom stereocenters. The quantitative estimate of drug-likeness (QED) is 0.869. The van der Waals surface area contributed by atoms with E-state index in [4.69, 9.17) is 5.73 Å². The Morgan fingerprint density at radius 1 is 1.24 bits per heavy atom. The summed E-state index contributed by atoms with van der Waals surface area (Å²) in [6, 6.07) is 9.86. The van der Waals surface area contributed by atoms with E-state index in [9.17, 15) is 9.59 Å². The van der Waals surface area contributed by atoms with Gasteiger partial charge in [0.15, 0.2) is 0 Å². The van der Waals surface area contributed by atoms with Crippen LogP contribution < -0.4 is 22.3 Å². The first-order valence-corrected chi connectivity index (χ1v) is 6.97. The summed E-state index contributed by atoms with van der Waals surface area (Å²) in [7, 11) is 1.48. The van der Waals surface area contributed by atoms with Crippen LogP contribution in [0.15, 0.2) is 39.9 Å². The molecule has 1 aliphatic carbocycles. The molecule has 6 nitrogen and oxygen atoms in total. The van der Waals surface area contributed by atoms with E-state index in [2.05, 4.69) is 5.32 Å². The molecule has 0 bridgehead atoms. The summed E-state index contributed by atoms with van der Waals surface area (Å²) >= 11 is 0. The second-order valence-electron chi connectivity index (χ2n) is 5.40. The topological polar surface area (TPSA) is 82.0 Å². The highest BCUT2D eigenvalue weighted by molar-refractivity contribution is 5.61. The number of nitrogens with zero attached hydrogens (tertiary/aromatic N) is 2. The van der Waals surface area contributed by atoms with E-state index >= 15 is 0 Å². The van der Waals surface area contributed by atoms with Crippen molar-refractivity contribution in [2.45, 2.75) is 25.4 Å². The minimum absolute atomic E-state index is 0.207. The fourth-order valence-electron chi connectivity index (χ4n) is 2.27. The Morgan fingerprint density at radius 3 is 2.52 bits per heavy atom. The van der Waals surface area contributed by atoms with Gasteiger partial charge in [0, 0.05) is 13.1 Å². The highest BCUT2D eigenvalue weighted by Gasteiger charge is 2.25. The summed E-state index contributed by atoms with van der Waals surface area (Å²) in [5, 5.41) is 3.13. The highest BCUT2D eigenvalue weighted by atomic mass is 16.2. The lowest BCUT2D eigenvalue weighted by atomic mass is 10.2. The highest BCUT2D eigenvalue weighted by Crippen LogP contribution is 2.25. The van der Waals surface area contributed by atoms with Crippen molar-refractivity contribution in [2.24, 2.45) is 7.05 Å². The molecule has 1 aromatic heterocycles. The summed E-state index contributed by atoms with van der Waals surface area (Å²) in [6.07, 6.45) is 2.06. The van der Waals surface area contributed by atoms with Gasteiger partial charge in [0.2, 0.25) is 0 Å². The van der Waals surface area contributed by atoms with Crippen molar-refractivity contribution in [1.29, 1.82) is 0 Å². The molecular weight excluding hydrogens is 268 g/mol. The van der Waals surface area contributed by atoms with E-state index in [1.165, 1.54) is 11.6 Å². The van der Waals surface area contributed by atoms with Gasteiger partial charge in [-0.05, 0) is 18.4 Å². The van der Waals surface area contributed by atoms with Gasteiger partial charge in [-0.25, -0.2) is 4.79 Å². The van der Waals surface area contributed by atoms with Crippen molar-refractivity contribution in [2.75, 3.05) is 11.1 Å². The number of nitrogens with two attached hydrogens (primary N) is 1. The van der Waals surface area contributed by atoms with E-state index in [-0.39, 0.29) is 11.4 Å². The molecule has 3 N–H and O–H groups in total. The molecule has 0 unspecified atom stereocenters. The van der Waals surface area contributed by atoms with Gasteiger partial charge in [-0.15, -0.1) is 0 Å². The summed E-state index contributed by atoms with van der Waals surface area (Å²) in [4.78, 5) is 24.5. The Kier molecular flexibility index (Phi) is 3.29. The molecule has 110 valence electrons. The number of aromatic nitrogens is 2. The second-order valence-corrected chi connectivity index (χ2v) is 5.40. The van der Waals surface area contributed by atoms with Crippen molar-refractivity contribution in [1.82, 2.24) is 9.13 Å². The van der Waals surface area contributed by atoms with E-state index in [1.54, 1.807) is 0 Å². The lowest BCUT2D eigenvalue weighted by molar-refractivity contribution is 0.656. The zero-order chi connectivity index (χ0) is 15.0. The van der Waals surface area contributed by atoms with Crippen molar-refractivity contribution >= 4 is 11.5 Å². The number of hydrogen-bond acceptors (Lipinski definition) is 4. The third-order valence-corrected chi connectivity index (χ3v) is 3.69. The molecular formula is C15H18N4O2. The number of nitrogen functional groups attached to an aromatic ring is 1. The number of anilines is 2. The van der Waals surface area contributed by atoms with Crippen molar-refractivity contribution in [3.05, 3.63) is 56.7 Å². The second kappa shape index (κ2) is 5.12. The summed E-state index contributed by atoms with van der Waals surface area (Å²) in [6.45, 7) is 0.346. The molecule has 1 saturated carbocycles. The van der Waals surface area contributed by atoms with E-state index in [1.807, 2.05) is 30.3 Å². The van der Waals surface area contributed by atoms with Gasteiger partial charge in [-0.3, -0.25) is 13.9 Å². The molecule has 21 heavy (non-hydrogen) atoms. The maximum Gasteiger partial charge on any atom is 0.332 e. The van der Waals surface area contributed by atoms with Crippen molar-refractivity contribution < 1.29 is 0 Å². The average Bonchev–Trinajstić information content (AvgIpc) is 3.31. The third-order valence-electron chi connectivity index (χ3n) is 3.69. The lowest BCUT2D eigenvalue weighted by Crippen LogP contribution is -2.41. The Hall–Kier alpha value is -2.50. The molecule has 1 heterocycles. The molecule has 3 rings (SSSR count). The summed E-state index contributed by atoms with van der Waals surface area (Å²) in [5.74, 6) is 0.207. The third kappa shape index (κ3) is 2.56. The molecule has 0 radical (unpaired) electrons. The molecule has 2 aromatic rings. The number of benzene rings is 1. The molecule has 0 aliphatic heterocycles. The summed E-state index contributed by atoms with van der Waals surface area (Å²) < 4.78 is 2.53. The van der Waals surface area contributed by atoms with Crippen LogP contribution in [0.4, 0.5) is 11.5 Å². The van der Waals surface area contributed by atoms with Gasteiger partial charge in [-0.1, -0.05) is 30.3 Å². The van der Waals surface area contributed by atoms with Gasteiger partial charge < -0.3 is 11.1 Å². The molecule has 1 aliphatic rings. The Labute approximate surface area is 121 Å². The monoisotopic (exact) mass is 286 g/mol. The van der Waals surface area contributed by atoms with Crippen LogP contribution in [0.3, 0.4) is 0 Å². The SMILES string of the molecule is Cn1c(=O)c(NC2CC2)c(N)n(Cc2ccccc2)c1=O. The number of nitrogens with one attached hydrogen (secondary N) is 1. The Morgan fingerprint density at radius 2 is 1.90 bits per heavy atom. The maximum atomic E-state index is 12.3. The van der Waals surface area contributed by atoms with Crippen LogP contribution in [0.1, 0.15) is 18.4 Å². The fraction of sp³-hybridized carbons (Fsp3) is 0.333. The lowest BCUT2D eigenvalue weighted by Gasteiger charge is -2.16. The first kappa shape index (κ1) is 13.5. The van der Waals surface area contributed by atoms with E-state index in [0.29, 0.717) is 18.3 Å². The van der Waals surface area contributed by atoms with Crippen LogP contribution in [0.2, 0.25) is 0 Å². The largest absolute Gasteiger partial charge is 0.383 e.